The van der Waals surface area contributed by atoms with Crippen LogP contribution in [0.25, 0.3) is 0 Å². The first-order chi connectivity index (χ1) is 19.4. The van der Waals surface area contributed by atoms with E-state index in [1.807, 2.05) is 24.3 Å². The highest BCUT2D eigenvalue weighted by atomic mass is 16.5. The van der Waals surface area contributed by atoms with Crippen molar-refractivity contribution in [1.29, 1.82) is 5.26 Å². The van der Waals surface area contributed by atoms with E-state index in [2.05, 4.69) is 13.0 Å². The Hall–Kier alpha value is -4.84. The molecule has 208 valence electrons. The summed E-state index contributed by atoms with van der Waals surface area (Å²) in [5, 5.41) is 9.87. The van der Waals surface area contributed by atoms with Crippen molar-refractivity contribution < 1.29 is 33.2 Å². The van der Waals surface area contributed by atoms with E-state index in [-0.39, 0.29) is 17.2 Å². The van der Waals surface area contributed by atoms with Crippen molar-refractivity contribution in [3.05, 3.63) is 82.7 Å². The zero-order valence-corrected chi connectivity index (χ0v) is 23.0. The van der Waals surface area contributed by atoms with Crippen LogP contribution in [-0.4, -0.2) is 33.9 Å². The maximum Gasteiger partial charge on any atom is 0.343 e. The number of fused-ring (bicyclic) bond motifs is 1. The van der Waals surface area contributed by atoms with Crippen LogP contribution in [0.1, 0.15) is 53.6 Å². The number of nitrogens with zero attached hydrogens (tertiary/aromatic N) is 1. The van der Waals surface area contributed by atoms with Gasteiger partial charge in [-0.3, -0.25) is 0 Å². The molecule has 0 fully saturated rings. The average Bonchev–Trinajstić information content (AvgIpc) is 2.98. The molecule has 0 saturated carbocycles. The van der Waals surface area contributed by atoms with Gasteiger partial charge in [0.05, 0.1) is 39.4 Å². The summed E-state index contributed by atoms with van der Waals surface area (Å²) >= 11 is 0. The Kier molecular flexibility index (Phi) is 9.02. The molecule has 0 spiro atoms. The highest BCUT2D eigenvalue weighted by molar-refractivity contribution is 5.92. The number of nitriles is 1. The van der Waals surface area contributed by atoms with Gasteiger partial charge in [0, 0.05) is 11.6 Å². The molecule has 1 aliphatic heterocycles. The molecule has 0 bridgehead atoms. The van der Waals surface area contributed by atoms with Gasteiger partial charge >= 0.3 is 5.97 Å². The first-order valence-electron chi connectivity index (χ1n) is 12.9. The van der Waals surface area contributed by atoms with Crippen LogP contribution in [0, 0.1) is 11.3 Å². The number of nitrogens with two attached hydrogens (primary N) is 1. The Morgan fingerprint density at radius 2 is 1.62 bits per heavy atom. The number of esters is 1. The van der Waals surface area contributed by atoms with Gasteiger partial charge in [-0.2, -0.15) is 5.26 Å². The number of rotatable bonds is 11. The summed E-state index contributed by atoms with van der Waals surface area (Å²) in [4.78, 5) is 13.0. The second kappa shape index (κ2) is 12.8. The molecule has 0 aliphatic carbocycles. The lowest BCUT2D eigenvalue weighted by Crippen LogP contribution is -2.21. The molecule has 0 radical (unpaired) electrons. The molecule has 3 aromatic rings. The van der Waals surface area contributed by atoms with E-state index in [0.717, 1.165) is 36.1 Å². The zero-order chi connectivity index (χ0) is 28.6. The molecular formula is C31H32N2O7. The predicted molar refractivity (Wildman–Crippen MR) is 148 cm³/mol. The van der Waals surface area contributed by atoms with E-state index < -0.39 is 11.9 Å². The van der Waals surface area contributed by atoms with Crippen molar-refractivity contribution in [2.24, 2.45) is 5.73 Å². The fraction of sp³-hybridized carbons (Fsp3) is 0.290. The summed E-state index contributed by atoms with van der Waals surface area (Å²) < 4.78 is 33.2. The van der Waals surface area contributed by atoms with Crippen molar-refractivity contribution in [2.75, 3.05) is 27.9 Å². The second-order valence-corrected chi connectivity index (χ2v) is 9.05. The largest absolute Gasteiger partial charge is 0.494 e. The Labute approximate surface area is 233 Å². The van der Waals surface area contributed by atoms with Gasteiger partial charge in [-0.1, -0.05) is 38.0 Å². The maximum atomic E-state index is 13.0. The molecular weight excluding hydrogens is 512 g/mol. The third-order valence-electron chi connectivity index (χ3n) is 6.53. The van der Waals surface area contributed by atoms with Crippen LogP contribution in [0.15, 0.2) is 66.1 Å². The van der Waals surface area contributed by atoms with Crippen LogP contribution < -0.4 is 34.2 Å². The van der Waals surface area contributed by atoms with Gasteiger partial charge in [-0.05, 0) is 42.3 Å². The normalized spacial score (nSPS) is 13.9. The van der Waals surface area contributed by atoms with Gasteiger partial charge in [0.25, 0.3) is 0 Å². The van der Waals surface area contributed by atoms with Crippen LogP contribution in [0.2, 0.25) is 0 Å². The van der Waals surface area contributed by atoms with Crippen molar-refractivity contribution in [1.82, 2.24) is 0 Å². The topological polar surface area (TPSA) is 122 Å². The van der Waals surface area contributed by atoms with E-state index in [1.165, 1.54) is 33.5 Å². The number of hydrogen-bond donors (Lipinski definition) is 1. The monoisotopic (exact) mass is 544 g/mol. The lowest BCUT2D eigenvalue weighted by molar-refractivity contribution is 0.0733. The van der Waals surface area contributed by atoms with Gasteiger partial charge in [-0.25, -0.2) is 4.79 Å². The molecule has 2 N–H and O–H groups in total. The van der Waals surface area contributed by atoms with Gasteiger partial charge in [0.15, 0.2) is 11.5 Å². The fourth-order valence-electron chi connectivity index (χ4n) is 4.51. The molecule has 3 aromatic carbocycles. The van der Waals surface area contributed by atoms with Gasteiger partial charge < -0.3 is 34.2 Å². The lowest BCUT2D eigenvalue weighted by Gasteiger charge is -2.27. The SMILES string of the molecule is CCCCCOc1ccc(C2C(C#N)=C(N)Oc3cc(OC(=O)c4cc(OC)c(OC)c(OC)c4)ccc32)cc1. The summed E-state index contributed by atoms with van der Waals surface area (Å²) in [6.45, 7) is 2.80. The molecule has 9 nitrogen and oxygen atoms in total. The number of hydrogen-bond acceptors (Lipinski definition) is 9. The number of allylic oxidation sites excluding steroid dienone is 1. The fourth-order valence-corrected chi connectivity index (χ4v) is 4.51. The Morgan fingerprint density at radius 1 is 0.950 bits per heavy atom. The molecule has 4 rings (SSSR count). The highest BCUT2D eigenvalue weighted by Gasteiger charge is 2.31. The second-order valence-electron chi connectivity index (χ2n) is 9.05. The van der Waals surface area contributed by atoms with Crippen molar-refractivity contribution in [3.63, 3.8) is 0 Å². The number of ether oxygens (including phenoxy) is 6. The third kappa shape index (κ3) is 5.91. The van der Waals surface area contributed by atoms with Crippen LogP contribution in [0.4, 0.5) is 0 Å². The molecule has 40 heavy (non-hydrogen) atoms. The first-order valence-corrected chi connectivity index (χ1v) is 12.9. The van der Waals surface area contributed by atoms with Crippen molar-refractivity contribution in [3.8, 4) is 40.6 Å². The molecule has 1 aliphatic rings. The molecule has 0 amide bonds. The standard InChI is InChI=1S/C31H32N2O7/c1-5-6-7-14-38-21-10-8-19(9-11-21)28-23-13-12-22(17-25(23)40-30(33)24(28)18-32)39-31(34)20-15-26(35-2)29(37-4)27(16-20)36-3/h8-13,15-17,28H,5-7,14,33H2,1-4H3. The number of methoxy groups -OCH3 is 3. The number of benzene rings is 3. The summed E-state index contributed by atoms with van der Waals surface area (Å²) in [5.41, 5.74) is 8.22. The van der Waals surface area contributed by atoms with E-state index in [9.17, 15) is 10.1 Å². The Bertz CT molecular complexity index is 1420. The highest BCUT2D eigenvalue weighted by Crippen LogP contribution is 2.44. The minimum Gasteiger partial charge on any atom is -0.494 e. The van der Waals surface area contributed by atoms with Crippen LogP contribution in [-0.2, 0) is 0 Å². The maximum absolute atomic E-state index is 13.0. The third-order valence-corrected chi connectivity index (χ3v) is 6.53. The van der Waals surface area contributed by atoms with Crippen LogP contribution >= 0.6 is 0 Å². The van der Waals surface area contributed by atoms with E-state index in [4.69, 9.17) is 34.2 Å². The molecule has 1 atom stereocenters. The quantitative estimate of drug-likeness (QED) is 0.183. The minimum atomic E-state index is -0.637. The van der Waals surface area contributed by atoms with E-state index in [0.29, 0.717) is 35.2 Å². The first kappa shape index (κ1) is 28.2. The lowest BCUT2D eigenvalue weighted by atomic mass is 9.83. The molecule has 0 aromatic heterocycles. The van der Waals surface area contributed by atoms with Crippen molar-refractivity contribution in [2.45, 2.75) is 32.1 Å². The summed E-state index contributed by atoms with van der Waals surface area (Å²) in [6, 6.07) is 17.8. The van der Waals surface area contributed by atoms with E-state index >= 15 is 0 Å². The summed E-state index contributed by atoms with van der Waals surface area (Å²) in [5.74, 6) is 1.29. The molecule has 0 saturated heterocycles. The predicted octanol–water partition coefficient (Wildman–Crippen LogP) is 5.72. The zero-order valence-electron chi connectivity index (χ0n) is 23.0. The summed E-state index contributed by atoms with van der Waals surface area (Å²) in [7, 11) is 4.41. The molecule has 9 heteroatoms. The smallest absolute Gasteiger partial charge is 0.343 e. The number of unbranched alkanes of at least 4 members (excludes halogenated alkanes) is 2. The summed E-state index contributed by atoms with van der Waals surface area (Å²) in [6.07, 6.45) is 3.24. The average molecular weight is 545 g/mol. The van der Waals surface area contributed by atoms with Crippen molar-refractivity contribution >= 4 is 5.97 Å². The molecule has 1 unspecified atom stereocenters. The van der Waals surface area contributed by atoms with E-state index in [1.54, 1.807) is 18.2 Å². The van der Waals surface area contributed by atoms with Crippen LogP contribution in [0.3, 0.4) is 0 Å². The molecule has 1 heterocycles. The van der Waals surface area contributed by atoms with Crippen LogP contribution in [0.5, 0.6) is 34.5 Å². The minimum absolute atomic E-state index is 0.00649. The van der Waals surface area contributed by atoms with Gasteiger partial charge in [-0.15, -0.1) is 0 Å². The Balaban J connectivity index is 1.59. The number of carbonyl (C=O) groups excluding carboxylic acids is 1. The van der Waals surface area contributed by atoms with Gasteiger partial charge in [0.1, 0.15) is 28.9 Å². The Morgan fingerprint density at radius 3 is 2.23 bits per heavy atom. The van der Waals surface area contributed by atoms with Gasteiger partial charge in [0.2, 0.25) is 11.6 Å². The number of carbonyl (C=O) groups is 1.